The fourth-order valence-corrected chi connectivity index (χ4v) is 4.26. The second-order valence-corrected chi connectivity index (χ2v) is 7.20. The lowest BCUT2D eigenvalue weighted by atomic mass is 10.1. The molecule has 0 aliphatic carbocycles. The first-order valence-corrected chi connectivity index (χ1v) is 8.10. The number of nitrogens with one attached hydrogen (secondary N) is 2. The lowest BCUT2D eigenvalue weighted by Gasteiger charge is -2.12. The summed E-state index contributed by atoms with van der Waals surface area (Å²) in [6.07, 6.45) is 3.80. The lowest BCUT2D eigenvalue weighted by molar-refractivity contribution is -0.124. The third-order valence-corrected chi connectivity index (χ3v) is 5.33. The molecule has 0 aromatic carbocycles. The molecular weight excluding hydrogens is 240 g/mol. The first-order valence-electron chi connectivity index (χ1n) is 6.28. The van der Waals surface area contributed by atoms with Crippen molar-refractivity contribution in [3.8, 4) is 0 Å². The minimum absolute atomic E-state index is 0.0283. The topological polar surface area (TPSA) is 75.3 Å². The number of rotatable bonds is 4. The minimum atomic E-state index is -2.95. The molecule has 17 heavy (non-hydrogen) atoms. The summed E-state index contributed by atoms with van der Waals surface area (Å²) in [4.78, 5) is 11.7. The van der Waals surface area contributed by atoms with Gasteiger partial charge in [0.2, 0.25) is 5.91 Å². The van der Waals surface area contributed by atoms with Crippen LogP contribution >= 0.6 is 0 Å². The van der Waals surface area contributed by atoms with Crippen LogP contribution < -0.4 is 10.6 Å². The molecule has 2 N–H and O–H groups in total. The molecule has 2 aliphatic rings. The Morgan fingerprint density at radius 3 is 2.76 bits per heavy atom. The SMILES string of the molecule is O=C(NCC[C@@H]1CCCN1)C1CCS(=O)(=O)C1. The molecule has 2 fully saturated rings. The highest BCUT2D eigenvalue weighted by atomic mass is 32.2. The van der Waals surface area contributed by atoms with Gasteiger partial charge in [-0.15, -0.1) is 0 Å². The maximum absolute atomic E-state index is 11.7. The van der Waals surface area contributed by atoms with Crippen molar-refractivity contribution in [2.24, 2.45) is 5.92 Å². The zero-order chi connectivity index (χ0) is 12.3. The number of sulfone groups is 1. The van der Waals surface area contributed by atoms with E-state index in [1.807, 2.05) is 0 Å². The van der Waals surface area contributed by atoms with Crippen LogP contribution in [0.25, 0.3) is 0 Å². The van der Waals surface area contributed by atoms with Crippen LogP contribution in [0.1, 0.15) is 25.7 Å². The first kappa shape index (κ1) is 12.8. The second-order valence-electron chi connectivity index (χ2n) is 4.97. The van der Waals surface area contributed by atoms with Gasteiger partial charge >= 0.3 is 0 Å². The third-order valence-electron chi connectivity index (χ3n) is 3.56. The van der Waals surface area contributed by atoms with Crippen LogP contribution in [0, 0.1) is 5.92 Å². The normalized spacial score (nSPS) is 31.5. The van der Waals surface area contributed by atoms with E-state index in [1.54, 1.807) is 0 Å². The number of hydrogen-bond donors (Lipinski definition) is 2. The van der Waals surface area contributed by atoms with Crippen LogP contribution in [0.5, 0.6) is 0 Å². The van der Waals surface area contributed by atoms with E-state index in [2.05, 4.69) is 10.6 Å². The molecule has 0 saturated carbocycles. The Morgan fingerprint density at radius 2 is 2.18 bits per heavy atom. The zero-order valence-corrected chi connectivity index (χ0v) is 10.8. The molecule has 0 spiro atoms. The van der Waals surface area contributed by atoms with Gasteiger partial charge in [0.15, 0.2) is 9.84 Å². The Balaban J connectivity index is 1.67. The van der Waals surface area contributed by atoms with E-state index in [1.165, 1.54) is 12.8 Å². The predicted octanol–water partition coefficient (Wildman–Crippen LogP) is -0.321. The van der Waals surface area contributed by atoms with Gasteiger partial charge in [0, 0.05) is 12.6 Å². The molecule has 6 heteroatoms. The molecule has 5 nitrogen and oxygen atoms in total. The standard InChI is InChI=1S/C11H20N2O3S/c14-11(9-4-7-17(15,16)8-9)13-6-3-10-2-1-5-12-10/h9-10,12H,1-8H2,(H,13,14)/t9?,10-/m0/s1. The van der Waals surface area contributed by atoms with Gasteiger partial charge in [-0.25, -0.2) is 8.42 Å². The van der Waals surface area contributed by atoms with Crippen molar-refractivity contribution < 1.29 is 13.2 Å². The number of carbonyl (C=O) groups excluding carboxylic acids is 1. The summed E-state index contributed by atoms with van der Waals surface area (Å²) >= 11 is 0. The Kier molecular flexibility index (Phi) is 4.04. The summed E-state index contributed by atoms with van der Waals surface area (Å²) in [5.74, 6) is -0.226. The van der Waals surface area contributed by atoms with E-state index >= 15 is 0 Å². The smallest absolute Gasteiger partial charge is 0.224 e. The molecule has 1 unspecified atom stereocenters. The van der Waals surface area contributed by atoms with E-state index < -0.39 is 9.84 Å². The van der Waals surface area contributed by atoms with Crippen LogP contribution in [0.2, 0.25) is 0 Å². The minimum Gasteiger partial charge on any atom is -0.356 e. The molecule has 2 rings (SSSR count). The summed E-state index contributed by atoms with van der Waals surface area (Å²) in [6.45, 7) is 1.71. The Bertz CT molecular complexity index is 374. The van der Waals surface area contributed by atoms with Gasteiger partial charge < -0.3 is 10.6 Å². The summed E-state index contributed by atoms with van der Waals surface area (Å²) in [6, 6.07) is 0.516. The largest absolute Gasteiger partial charge is 0.356 e. The quantitative estimate of drug-likeness (QED) is 0.726. The van der Waals surface area contributed by atoms with Crippen molar-refractivity contribution in [1.82, 2.24) is 10.6 Å². The molecule has 2 heterocycles. The fourth-order valence-electron chi connectivity index (χ4n) is 2.52. The average Bonchev–Trinajstić information content (AvgIpc) is 2.87. The Hall–Kier alpha value is -0.620. The van der Waals surface area contributed by atoms with Crippen LogP contribution in [0.3, 0.4) is 0 Å². The molecule has 0 aromatic heterocycles. The van der Waals surface area contributed by atoms with Crippen LogP contribution in [-0.4, -0.2) is 45.0 Å². The molecule has 2 aliphatic heterocycles. The summed E-state index contributed by atoms with van der Waals surface area (Å²) in [5.41, 5.74) is 0. The van der Waals surface area contributed by atoms with Gasteiger partial charge in [-0.2, -0.15) is 0 Å². The highest BCUT2D eigenvalue weighted by molar-refractivity contribution is 7.91. The van der Waals surface area contributed by atoms with Crippen molar-refractivity contribution in [3.63, 3.8) is 0 Å². The molecule has 2 atom stereocenters. The van der Waals surface area contributed by atoms with E-state index in [0.29, 0.717) is 19.0 Å². The molecule has 1 amide bonds. The van der Waals surface area contributed by atoms with E-state index in [0.717, 1.165) is 13.0 Å². The first-order chi connectivity index (χ1) is 8.07. The predicted molar refractivity (Wildman–Crippen MR) is 65.4 cm³/mol. The van der Waals surface area contributed by atoms with Crippen LogP contribution in [0.15, 0.2) is 0 Å². The molecule has 2 saturated heterocycles. The maximum atomic E-state index is 11.7. The van der Waals surface area contributed by atoms with E-state index in [-0.39, 0.29) is 23.3 Å². The summed E-state index contributed by atoms with van der Waals surface area (Å²) < 4.78 is 22.5. The van der Waals surface area contributed by atoms with Crippen molar-refractivity contribution >= 4 is 15.7 Å². The highest BCUT2D eigenvalue weighted by Gasteiger charge is 2.32. The second kappa shape index (κ2) is 5.35. The molecule has 0 aromatic rings. The third kappa shape index (κ3) is 3.67. The van der Waals surface area contributed by atoms with E-state index in [4.69, 9.17) is 0 Å². The van der Waals surface area contributed by atoms with Gasteiger partial charge in [0.05, 0.1) is 17.4 Å². The van der Waals surface area contributed by atoms with Crippen molar-refractivity contribution in [1.29, 1.82) is 0 Å². The fraction of sp³-hybridized carbons (Fsp3) is 0.909. The number of carbonyl (C=O) groups is 1. The molecule has 98 valence electrons. The molecule has 0 bridgehead atoms. The molecule has 0 radical (unpaired) electrons. The molecular formula is C11H20N2O3S. The van der Waals surface area contributed by atoms with Gasteiger partial charge in [-0.05, 0) is 32.2 Å². The Morgan fingerprint density at radius 1 is 1.35 bits per heavy atom. The number of hydrogen-bond acceptors (Lipinski definition) is 4. The van der Waals surface area contributed by atoms with E-state index in [9.17, 15) is 13.2 Å². The van der Waals surface area contributed by atoms with Crippen LogP contribution in [0.4, 0.5) is 0 Å². The number of amides is 1. The highest BCUT2D eigenvalue weighted by Crippen LogP contribution is 2.18. The van der Waals surface area contributed by atoms with Gasteiger partial charge in [-0.3, -0.25) is 4.79 Å². The monoisotopic (exact) mass is 260 g/mol. The van der Waals surface area contributed by atoms with Crippen molar-refractivity contribution in [3.05, 3.63) is 0 Å². The lowest BCUT2D eigenvalue weighted by Crippen LogP contribution is -2.35. The zero-order valence-electron chi connectivity index (χ0n) is 9.94. The van der Waals surface area contributed by atoms with Gasteiger partial charge in [0.25, 0.3) is 0 Å². The van der Waals surface area contributed by atoms with Gasteiger partial charge in [0.1, 0.15) is 0 Å². The van der Waals surface area contributed by atoms with Gasteiger partial charge in [-0.1, -0.05) is 0 Å². The van der Waals surface area contributed by atoms with Crippen LogP contribution in [-0.2, 0) is 14.6 Å². The maximum Gasteiger partial charge on any atom is 0.224 e. The summed E-state index contributed by atoms with van der Waals surface area (Å²) in [7, 11) is -2.95. The van der Waals surface area contributed by atoms with Crippen molar-refractivity contribution in [2.75, 3.05) is 24.6 Å². The Labute approximate surface area is 102 Å². The van der Waals surface area contributed by atoms with Crippen molar-refractivity contribution in [2.45, 2.75) is 31.7 Å². The summed E-state index contributed by atoms with van der Waals surface area (Å²) in [5, 5.41) is 6.21. The average molecular weight is 260 g/mol.